The van der Waals surface area contributed by atoms with Gasteiger partial charge in [0.15, 0.2) is 0 Å². The van der Waals surface area contributed by atoms with E-state index in [1.54, 1.807) is 0 Å². The van der Waals surface area contributed by atoms with Crippen molar-refractivity contribution in [1.29, 1.82) is 0 Å². The minimum Gasteiger partial charge on any atom is -0.427 e. The molecule has 5 heteroatoms. The fourth-order valence-electron chi connectivity index (χ4n) is 0.710. The lowest BCUT2D eigenvalue weighted by molar-refractivity contribution is -0.00525. The SMILES string of the molecule is CC1OC(=O)OC1C(F)F. The van der Waals surface area contributed by atoms with Crippen LogP contribution in [0.15, 0.2) is 0 Å². The summed E-state index contributed by atoms with van der Waals surface area (Å²) in [7, 11) is 0. The van der Waals surface area contributed by atoms with Gasteiger partial charge in [-0.05, 0) is 6.92 Å². The third kappa shape index (κ3) is 1.17. The molecule has 2 atom stereocenters. The number of halogens is 2. The summed E-state index contributed by atoms with van der Waals surface area (Å²) in [6.45, 7) is 1.36. The number of rotatable bonds is 1. The highest BCUT2D eigenvalue weighted by Crippen LogP contribution is 2.20. The largest absolute Gasteiger partial charge is 0.509 e. The number of cyclic esters (lactones) is 2. The molecule has 58 valence electrons. The van der Waals surface area contributed by atoms with Crippen molar-refractivity contribution in [2.24, 2.45) is 0 Å². The molecule has 0 spiro atoms. The van der Waals surface area contributed by atoms with E-state index < -0.39 is 24.8 Å². The maximum atomic E-state index is 11.8. The van der Waals surface area contributed by atoms with Crippen LogP contribution in [0.5, 0.6) is 0 Å². The quantitative estimate of drug-likeness (QED) is 0.529. The van der Waals surface area contributed by atoms with Crippen molar-refractivity contribution in [2.75, 3.05) is 0 Å². The summed E-state index contributed by atoms with van der Waals surface area (Å²) in [6, 6.07) is 0. The summed E-state index contributed by atoms with van der Waals surface area (Å²) < 4.78 is 32.0. The van der Waals surface area contributed by atoms with Crippen LogP contribution in [0.2, 0.25) is 0 Å². The van der Waals surface area contributed by atoms with Gasteiger partial charge < -0.3 is 9.47 Å². The molecule has 1 saturated heterocycles. The average molecular weight is 152 g/mol. The highest BCUT2D eigenvalue weighted by Gasteiger charge is 2.39. The third-order valence-corrected chi connectivity index (χ3v) is 1.23. The normalized spacial score (nSPS) is 32.2. The summed E-state index contributed by atoms with van der Waals surface area (Å²) in [5.74, 6) is 0. The Hall–Kier alpha value is -0.870. The lowest BCUT2D eigenvalue weighted by Crippen LogP contribution is -2.27. The molecule has 1 heterocycles. The lowest BCUT2D eigenvalue weighted by atomic mass is 10.2. The summed E-state index contributed by atoms with van der Waals surface area (Å²) >= 11 is 0. The van der Waals surface area contributed by atoms with E-state index in [0.29, 0.717) is 0 Å². The van der Waals surface area contributed by atoms with Gasteiger partial charge in [-0.3, -0.25) is 0 Å². The van der Waals surface area contributed by atoms with Gasteiger partial charge in [0.1, 0.15) is 6.10 Å². The number of carbonyl (C=O) groups is 1. The minimum absolute atomic E-state index is 0.840. The molecule has 0 radical (unpaired) electrons. The van der Waals surface area contributed by atoms with E-state index in [1.807, 2.05) is 0 Å². The monoisotopic (exact) mass is 152 g/mol. The summed E-state index contributed by atoms with van der Waals surface area (Å²) in [5.41, 5.74) is 0. The first-order chi connectivity index (χ1) is 4.61. The van der Waals surface area contributed by atoms with Gasteiger partial charge in [0, 0.05) is 0 Å². The zero-order valence-electron chi connectivity index (χ0n) is 5.21. The van der Waals surface area contributed by atoms with E-state index in [9.17, 15) is 13.6 Å². The zero-order valence-corrected chi connectivity index (χ0v) is 5.21. The molecule has 0 aromatic heterocycles. The van der Waals surface area contributed by atoms with Gasteiger partial charge in [0.05, 0.1) is 0 Å². The predicted octanol–water partition coefficient (Wildman–Crippen LogP) is 1.18. The van der Waals surface area contributed by atoms with Crippen LogP contribution in [-0.2, 0) is 9.47 Å². The lowest BCUT2D eigenvalue weighted by Gasteiger charge is -2.07. The summed E-state index contributed by atoms with van der Waals surface area (Å²) in [5, 5.41) is 0. The predicted molar refractivity (Wildman–Crippen MR) is 26.8 cm³/mol. The standard InChI is InChI=1S/C5H6F2O3/c1-2-3(4(6)7)10-5(8)9-2/h2-4H,1H3. The highest BCUT2D eigenvalue weighted by atomic mass is 19.3. The van der Waals surface area contributed by atoms with Gasteiger partial charge in [-0.25, -0.2) is 13.6 Å². The van der Waals surface area contributed by atoms with E-state index in [-0.39, 0.29) is 0 Å². The molecule has 1 aliphatic rings. The van der Waals surface area contributed by atoms with Gasteiger partial charge in [-0.15, -0.1) is 0 Å². The molecule has 0 bridgehead atoms. The molecule has 0 aromatic rings. The smallest absolute Gasteiger partial charge is 0.427 e. The summed E-state index contributed by atoms with van der Waals surface area (Å²) in [6.07, 6.45) is -5.92. The Morgan fingerprint density at radius 1 is 1.50 bits per heavy atom. The van der Waals surface area contributed by atoms with Crippen molar-refractivity contribution in [1.82, 2.24) is 0 Å². The second kappa shape index (κ2) is 2.40. The highest BCUT2D eigenvalue weighted by molar-refractivity contribution is 5.62. The first-order valence-corrected chi connectivity index (χ1v) is 2.76. The molecule has 3 nitrogen and oxygen atoms in total. The molecule has 2 unspecified atom stereocenters. The number of hydrogen-bond donors (Lipinski definition) is 0. The number of carbonyl (C=O) groups excluding carboxylic acids is 1. The summed E-state index contributed by atoms with van der Waals surface area (Å²) in [4.78, 5) is 10.2. The molecule has 1 fully saturated rings. The average Bonchev–Trinajstić information content (AvgIpc) is 2.10. The Balaban J connectivity index is 2.54. The molecular weight excluding hydrogens is 146 g/mol. The van der Waals surface area contributed by atoms with Gasteiger partial charge in [0.2, 0.25) is 6.10 Å². The minimum atomic E-state index is -2.67. The van der Waals surface area contributed by atoms with Crippen LogP contribution < -0.4 is 0 Å². The van der Waals surface area contributed by atoms with Crippen LogP contribution in [0.25, 0.3) is 0 Å². The first-order valence-electron chi connectivity index (χ1n) is 2.76. The molecular formula is C5H6F2O3. The fraction of sp³-hybridized carbons (Fsp3) is 0.800. The van der Waals surface area contributed by atoms with Crippen LogP contribution >= 0.6 is 0 Å². The van der Waals surface area contributed by atoms with Gasteiger partial charge in [0.25, 0.3) is 6.43 Å². The van der Waals surface area contributed by atoms with E-state index in [4.69, 9.17) is 0 Å². The van der Waals surface area contributed by atoms with E-state index in [0.717, 1.165) is 0 Å². The second-order valence-electron chi connectivity index (χ2n) is 1.99. The maximum Gasteiger partial charge on any atom is 0.509 e. The van der Waals surface area contributed by atoms with Crippen molar-refractivity contribution in [3.05, 3.63) is 0 Å². The van der Waals surface area contributed by atoms with E-state index in [1.165, 1.54) is 6.92 Å². The number of hydrogen-bond acceptors (Lipinski definition) is 3. The number of ether oxygens (including phenoxy) is 2. The maximum absolute atomic E-state index is 11.8. The van der Waals surface area contributed by atoms with Gasteiger partial charge >= 0.3 is 6.16 Å². The topological polar surface area (TPSA) is 35.5 Å². The third-order valence-electron chi connectivity index (χ3n) is 1.23. The fourth-order valence-corrected chi connectivity index (χ4v) is 0.710. The molecule has 0 N–H and O–H groups in total. The van der Waals surface area contributed by atoms with Crippen molar-refractivity contribution >= 4 is 6.16 Å². The van der Waals surface area contributed by atoms with Crippen LogP contribution in [0.4, 0.5) is 13.6 Å². The molecule has 10 heavy (non-hydrogen) atoms. The Morgan fingerprint density at radius 2 is 2.10 bits per heavy atom. The van der Waals surface area contributed by atoms with Crippen molar-refractivity contribution in [2.45, 2.75) is 25.6 Å². The van der Waals surface area contributed by atoms with Gasteiger partial charge in [-0.2, -0.15) is 0 Å². The van der Waals surface area contributed by atoms with Crippen molar-refractivity contribution < 1.29 is 23.0 Å². The Bertz CT molecular complexity index is 148. The first kappa shape index (κ1) is 7.24. The second-order valence-corrected chi connectivity index (χ2v) is 1.99. The van der Waals surface area contributed by atoms with Crippen LogP contribution in [0, 0.1) is 0 Å². The van der Waals surface area contributed by atoms with Crippen LogP contribution in [0.1, 0.15) is 6.92 Å². The van der Waals surface area contributed by atoms with Crippen molar-refractivity contribution in [3.63, 3.8) is 0 Å². The van der Waals surface area contributed by atoms with Crippen molar-refractivity contribution in [3.8, 4) is 0 Å². The molecule has 0 saturated carbocycles. The molecule has 0 amide bonds. The zero-order chi connectivity index (χ0) is 7.72. The Morgan fingerprint density at radius 3 is 2.30 bits per heavy atom. The molecule has 0 aromatic carbocycles. The van der Waals surface area contributed by atoms with Crippen LogP contribution in [-0.4, -0.2) is 24.8 Å². The van der Waals surface area contributed by atoms with Crippen LogP contribution in [0.3, 0.4) is 0 Å². The Labute approximate surface area is 55.9 Å². The molecule has 0 aliphatic carbocycles. The van der Waals surface area contributed by atoms with Gasteiger partial charge in [-0.1, -0.05) is 0 Å². The molecule has 1 rings (SSSR count). The Kier molecular flexibility index (Phi) is 1.74. The molecule has 1 aliphatic heterocycles. The number of alkyl halides is 2. The van der Waals surface area contributed by atoms with E-state index in [2.05, 4.69) is 9.47 Å². The van der Waals surface area contributed by atoms with E-state index >= 15 is 0 Å².